The monoisotopic (exact) mass is 253 g/mol. The van der Waals surface area contributed by atoms with Gasteiger partial charge < -0.3 is 10.0 Å². The van der Waals surface area contributed by atoms with Crippen LogP contribution in [0.2, 0.25) is 5.02 Å². The van der Waals surface area contributed by atoms with Gasteiger partial charge in [-0.05, 0) is 49.9 Å². The Bertz CT molecular complexity index is 348. The molecule has 1 aromatic carbocycles. The minimum absolute atomic E-state index is 0.381. The highest BCUT2D eigenvalue weighted by molar-refractivity contribution is 6.30. The molecule has 0 heterocycles. The molecular formula is C14H20ClNO. The molecule has 1 saturated carbocycles. The molecule has 1 N–H and O–H groups in total. The van der Waals surface area contributed by atoms with Crippen LogP contribution < -0.4 is 0 Å². The fourth-order valence-corrected chi connectivity index (χ4v) is 2.15. The second kappa shape index (κ2) is 5.85. The smallest absolute Gasteiger partial charge is 0.0802 e. The summed E-state index contributed by atoms with van der Waals surface area (Å²) in [5, 5.41) is 10.8. The van der Waals surface area contributed by atoms with Crippen molar-refractivity contribution in [2.24, 2.45) is 5.92 Å². The van der Waals surface area contributed by atoms with Gasteiger partial charge in [0.15, 0.2) is 0 Å². The van der Waals surface area contributed by atoms with Crippen molar-refractivity contribution in [3.63, 3.8) is 0 Å². The summed E-state index contributed by atoms with van der Waals surface area (Å²) < 4.78 is 0. The fourth-order valence-electron chi connectivity index (χ4n) is 2.03. The zero-order valence-electron chi connectivity index (χ0n) is 10.3. The Balaban J connectivity index is 1.75. The Morgan fingerprint density at radius 1 is 1.35 bits per heavy atom. The van der Waals surface area contributed by atoms with Crippen molar-refractivity contribution in [3.8, 4) is 0 Å². The molecule has 1 fully saturated rings. The maximum absolute atomic E-state index is 10.0. The first kappa shape index (κ1) is 12.9. The molecule has 1 atom stereocenters. The first-order chi connectivity index (χ1) is 8.15. The summed E-state index contributed by atoms with van der Waals surface area (Å²) in [6, 6.07) is 7.45. The molecule has 94 valence electrons. The van der Waals surface area contributed by atoms with Crippen molar-refractivity contribution in [2.75, 3.05) is 20.1 Å². The molecule has 0 saturated heterocycles. The largest absolute Gasteiger partial charge is 0.388 e. The van der Waals surface area contributed by atoms with Gasteiger partial charge in [0.2, 0.25) is 0 Å². The van der Waals surface area contributed by atoms with E-state index in [9.17, 15) is 5.11 Å². The van der Waals surface area contributed by atoms with E-state index in [1.54, 1.807) is 0 Å². The van der Waals surface area contributed by atoms with E-state index >= 15 is 0 Å². The highest BCUT2D eigenvalue weighted by Crippen LogP contribution is 2.29. The Hall–Kier alpha value is -0.570. The highest BCUT2D eigenvalue weighted by atomic mass is 35.5. The number of hydrogen-bond acceptors (Lipinski definition) is 2. The Labute approximate surface area is 108 Å². The summed E-state index contributed by atoms with van der Waals surface area (Å²) in [4.78, 5) is 2.32. The van der Waals surface area contributed by atoms with Crippen LogP contribution in [0.15, 0.2) is 24.3 Å². The van der Waals surface area contributed by atoms with E-state index < -0.39 is 0 Å². The highest BCUT2D eigenvalue weighted by Gasteiger charge is 2.22. The maximum atomic E-state index is 10.0. The third kappa shape index (κ3) is 4.30. The lowest BCUT2D eigenvalue weighted by Gasteiger charge is -2.18. The van der Waals surface area contributed by atoms with E-state index in [-0.39, 0.29) is 6.10 Å². The van der Waals surface area contributed by atoms with Crippen molar-refractivity contribution < 1.29 is 5.11 Å². The molecule has 0 bridgehead atoms. The lowest BCUT2D eigenvalue weighted by atomic mass is 10.1. The lowest BCUT2D eigenvalue weighted by Crippen LogP contribution is -2.23. The number of aliphatic hydroxyl groups excluding tert-OH is 1. The molecule has 0 radical (unpaired) electrons. The molecule has 0 aromatic heterocycles. The van der Waals surface area contributed by atoms with Crippen molar-refractivity contribution in [1.29, 1.82) is 0 Å². The minimum Gasteiger partial charge on any atom is -0.388 e. The molecule has 1 aliphatic rings. The molecule has 0 spiro atoms. The predicted molar refractivity (Wildman–Crippen MR) is 71.2 cm³/mol. The van der Waals surface area contributed by atoms with Crippen LogP contribution in [0, 0.1) is 5.92 Å². The van der Waals surface area contributed by atoms with E-state index in [0.29, 0.717) is 5.02 Å². The molecule has 1 aliphatic carbocycles. The summed E-state index contributed by atoms with van der Waals surface area (Å²) in [5.74, 6) is 0.910. The number of aliphatic hydroxyl groups is 1. The second-order valence-electron chi connectivity index (χ2n) is 5.06. The molecule has 17 heavy (non-hydrogen) atoms. The third-order valence-electron chi connectivity index (χ3n) is 3.31. The zero-order chi connectivity index (χ0) is 12.3. The third-order valence-corrected chi connectivity index (χ3v) is 3.56. The molecular weight excluding hydrogens is 234 g/mol. The van der Waals surface area contributed by atoms with Crippen LogP contribution in [0.3, 0.4) is 0 Å². The van der Waals surface area contributed by atoms with E-state index in [2.05, 4.69) is 11.9 Å². The summed E-state index contributed by atoms with van der Waals surface area (Å²) in [5.41, 5.74) is 0.953. The van der Waals surface area contributed by atoms with Crippen LogP contribution in [0.1, 0.15) is 30.9 Å². The number of benzene rings is 1. The average molecular weight is 254 g/mol. The van der Waals surface area contributed by atoms with Crippen molar-refractivity contribution in [2.45, 2.75) is 25.4 Å². The summed E-state index contributed by atoms with van der Waals surface area (Å²) >= 11 is 5.82. The van der Waals surface area contributed by atoms with Gasteiger partial charge in [0, 0.05) is 18.1 Å². The molecule has 2 nitrogen and oxygen atoms in total. The molecule has 2 rings (SSSR count). The zero-order valence-corrected chi connectivity index (χ0v) is 11.0. The Kier molecular flexibility index (Phi) is 4.43. The molecule has 1 unspecified atom stereocenters. The molecule has 0 amide bonds. The Morgan fingerprint density at radius 2 is 2.00 bits per heavy atom. The predicted octanol–water partition coefficient (Wildman–Crippen LogP) is 3.11. The first-order valence-corrected chi connectivity index (χ1v) is 6.65. The van der Waals surface area contributed by atoms with Gasteiger partial charge >= 0.3 is 0 Å². The van der Waals surface area contributed by atoms with E-state index in [0.717, 1.165) is 24.4 Å². The minimum atomic E-state index is -0.381. The van der Waals surface area contributed by atoms with Crippen LogP contribution in [0.4, 0.5) is 0 Å². The standard InChI is InChI=1S/C14H20ClNO/c1-16(10-11-2-3-11)9-8-14(17)12-4-6-13(15)7-5-12/h4-7,11,14,17H,2-3,8-10H2,1H3. The quantitative estimate of drug-likeness (QED) is 0.842. The number of nitrogens with zero attached hydrogens (tertiary/aromatic N) is 1. The van der Waals surface area contributed by atoms with Crippen LogP contribution in [-0.4, -0.2) is 30.1 Å². The molecule has 1 aromatic rings. The summed E-state index contributed by atoms with van der Waals surface area (Å²) in [6.45, 7) is 2.12. The lowest BCUT2D eigenvalue weighted by molar-refractivity contribution is 0.148. The van der Waals surface area contributed by atoms with Crippen LogP contribution in [0.25, 0.3) is 0 Å². The van der Waals surface area contributed by atoms with Crippen LogP contribution in [-0.2, 0) is 0 Å². The fraction of sp³-hybridized carbons (Fsp3) is 0.571. The van der Waals surface area contributed by atoms with Crippen LogP contribution in [0.5, 0.6) is 0 Å². The first-order valence-electron chi connectivity index (χ1n) is 6.27. The van der Waals surface area contributed by atoms with E-state index in [4.69, 9.17) is 11.6 Å². The van der Waals surface area contributed by atoms with Gasteiger partial charge in [-0.15, -0.1) is 0 Å². The SMILES string of the molecule is CN(CCC(O)c1ccc(Cl)cc1)CC1CC1. The van der Waals surface area contributed by atoms with Crippen LogP contribution >= 0.6 is 11.6 Å². The van der Waals surface area contributed by atoms with E-state index in [1.807, 2.05) is 24.3 Å². The maximum Gasteiger partial charge on any atom is 0.0802 e. The molecule has 0 aliphatic heterocycles. The van der Waals surface area contributed by atoms with Crippen molar-refractivity contribution in [1.82, 2.24) is 4.90 Å². The van der Waals surface area contributed by atoms with Gasteiger partial charge in [0.05, 0.1) is 6.10 Å². The van der Waals surface area contributed by atoms with Gasteiger partial charge in [-0.3, -0.25) is 0 Å². The van der Waals surface area contributed by atoms with Crippen molar-refractivity contribution in [3.05, 3.63) is 34.9 Å². The van der Waals surface area contributed by atoms with Crippen molar-refractivity contribution >= 4 is 11.6 Å². The Morgan fingerprint density at radius 3 is 2.59 bits per heavy atom. The normalized spacial score (nSPS) is 17.4. The van der Waals surface area contributed by atoms with Gasteiger partial charge in [-0.1, -0.05) is 23.7 Å². The summed E-state index contributed by atoms with van der Waals surface area (Å²) in [7, 11) is 2.13. The van der Waals surface area contributed by atoms with Gasteiger partial charge in [-0.2, -0.15) is 0 Å². The number of hydrogen-bond donors (Lipinski definition) is 1. The number of rotatable bonds is 6. The number of halogens is 1. The molecule has 3 heteroatoms. The van der Waals surface area contributed by atoms with Gasteiger partial charge in [0.25, 0.3) is 0 Å². The second-order valence-corrected chi connectivity index (χ2v) is 5.50. The summed E-state index contributed by atoms with van der Waals surface area (Å²) in [6.07, 6.45) is 3.16. The van der Waals surface area contributed by atoms with E-state index in [1.165, 1.54) is 19.4 Å². The van der Waals surface area contributed by atoms with Gasteiger partial charge in [-0.25, -0.2) is 0 Å². The topological polar surface area (TPSA) is 23.5 Å². The average Bonchev–Trinajstić information content (AvgIpc) is 3.11. The van der Waals surface area contributed by atoms with Gasteiger partial charge in [0.1, 0.15) is 0 Å².